The van der Waals surface area contributed by atoms with Crippen molar-refractivity contribution in [1.29, 1.82) is 5.26 Å². The van der Waals surface area contributed by atoms with Crippen molar-refractivity contribution in [3.8, 4) is 6.07 Å². The van der Waals surface area contributed by atoms with Crippen LogP contribution in [0, 0.1) is 25.2 Å². The topological polar surface area (TPSA) is 118 Å². The third kappa shape index (κ3) is 4.57. The van der Waals surface area contributed by atoms with Crippen molar-refractivity contribution in [2.24, 2.45) is 0 Å². The van der Waals surface area contributed by atoms with E-state index >= 15 is 0 Å². The Morgan fingerprint density at radius 1 is 1.21 bits per heavy atom. The number of carbonyl (C=O) groups excluding carboxylic acids is 3. The zero-order valence-electron chi connectivity index (χ0n) is 19.0. The minimum absolute atomic E-state index is 0.0611. The van der Waals surface area contributed by atoms with Crippen molar-refractivity contribution in [1.82, 2.24) is 4.57 Å². The molecule has 1 fully saturated rings. The Kier molecular flexibility index (Phi) is 6.50. The third-order valence-electron chi connectivity index (χ3n) is 5.92. The molecule has 2 aromatic heterocycles. The summed E-state index contributed by atoms with van der Waals surface area (Å²) in [6.07, 6.45) is 2.89. The van der Waals surface area contributed by atoms with Gasteiger partial charge in [0.25, 0.3) is 5.91 Å². The van der Waals surface area contributed by atoms with E-state index in [9.17, 15) is 19.6 Å². The van der Waals surface area contributed by atoms with E-state index in [-0.39, 0.29) is 11.5 Å². The van der Waals surface area contributed by atoms with Crippen LogP contribution in [-0.4, -0.2) is 35.5 Å². The zero-order valence-corrected chi connectivity index (χ0v) is 19.0. The van der Waals surface area contributed by atoms with Gasteiger partial charge >= 0.3 is 5.97 Å². The maximum absolute atomic E-state index is 12.6. The Hall–Kier alpha value is -4.32. The maximum Gasteiger partial charge on any atom is 0.338 e. The molecule has 0 aliphatic carbocycles. The first-order chi connectivity index (χ1) is 16.4. The van der Waals surface area contributed by atoms with Crippen molar-refractivity contribution in [3.63, 3.8) is 0 Å². The molecular formula is C25H24N4O5. The molecule has 1 aliphatic heterocycles. The van der Waals surface area contributed by atoms with Crippen LogP contribution in [0.4, 0.5) is 11.5 Å². The van der Waals surface area contributed by atoms with E-state index in [1.165, 1.54) is 0 Å². The van der Waals surface area contributed by atoms with E-state index in [0.717, 1.165) is 23.4 Å². The molecule has 0 spiro atoms. The fraction of sp³-hybridized carbons (Fsp3) is 0.280. The Bertz CT molecular complexity index is 1270. The van der Waals surface area contributed by atoms with Gasteiger partial charge in [0.1, 0.15) is 17.6 Å². The van der Waals surface area contributed by atoms with E-state index in [2.05, 4.69) is 11.4 Å². The van der Waals surface area contributed by atoms with Gasteiger partial charge in [0.15, 0.2) is 6.61 Å². The monoisotopic (exact) mass is 460 g/mol. The lowest BCUT2D eigenvalue weighted by atomic mass is 10.2. The third-order valence-corrected chi connectivity index (χ3v) is 5.92. The highest BCUT2D eigenvalue weighted by Crippen LogP contribution is 2.27. The number of hydrogen-bond donors (Lipinski definition) is 1. The second-order valence-electron chi connectivity index (χ2n) is 8.03. The van der Waals surface area contributed by atoms with Gasteiger partial charge in [-0.3, -0.25) is 9.59 Å². The number of rotatable bonds is 7. The molecule has 9 heteroatoms. The van der Waals surface area contributed by atoms with Crippen molar-refractivity contribution in [2.75, 3.05) is 23.4 Å². The van der Waals surface area contributed by atoms with Crippen LogP contribution in [0.15, 0.2) is 47.1 Å². The van der Waals surface area contributed by atoms with Crippen molar-refractivity contribution >= 4 is 29.3 Å². The molecule has 1 aliphatic rings. The zero-order chi connectivity index (χ0) is 24.2. The SMILES string of the molecule is Cc1c(C#N)c(NC(=O)COC(=O)c2ccc(N3CCCC3=O)cc2)n(Cc2ccco2)c1C. The molecule has 2 amide bonds. The average molecular weight is 460 g/mol. The summed E-state index contributed by atoms with van der Waals surface area (Å²) in [6, 6.07) is 12.2. The summed E-state index contributed by atoms with van der Waals surface area (Å²) in [5.41, 5.74) is 2.91. The summed E-state index contributed by atoms with van der Waals surface area (Å²) >= 11 is 0. The molecule has 174 valence electrons. The Morgan fingerprint density at radius 2 is 1.97 bits per heavy atom. The number of aromatic nitrogens is 1. The van der Waals surface area contributed by atoms with Crippen LogP contribution >= 0.6 is 0 Å². The Labute approximate surface area is 196 Å². The lowest BCUT2D eigenvalue weighted by Crippen LogP contribution is -2.24. The van der Waals surface area contributed by atoms with Gasteiger partial charge in [-0.1, -0.05) is 0 Å². The van der Waals surface area contributed by atoms with Gasteiger partial charge in [-0.15, -0.1) is 0 Å². The first kappa shape index (κ1) is 22.9. The van der Waals surface area contributed by atoms with Gasteiger partial charge in [0.2, 0.25) is 5.91 Å². The van der Waals surface area contributed by atoms with Crippen LogP contribution in [0.2, 0.25) is 0 Å². The highest BCUT2D eigenvalue weighted by Gasteiger charge is 2.23. The van der Waals surface area contributed by atoms with E-state index in [4.69, 9.17) is 9.15 Å². The van der Waals surface area contributed by atoms with E-state index in [1.807, 2.05) is 13.8 Å². The largest absolute Gasteiger partial charge is 0.467 e. The molecule has 3 aromatic rings. The summed E-state index contributed by atoms with van der Waals surface area (Å²) in [5, 5.41) is 12.3. The van der Waals surface area contributed by atoms with E-state index < -0.39 is 18.5 Å². The molecule has 1 aromatic carbocycles. The van der Waals surface area contributed by atoms with Crippen LogP contribution in [0.25, 0.3) is 0 Å². The predicted octanol–water partition coefficient (Wildman–Crippen LogP) is 3.54. The molecule has 4 rings (SSSR count). The number of amides is 2. The van der Waals surface area contributed by atoms with Crippen molar-refractivity contribution < 1.29 is 23.5 Å². The summed E-state index contributed by atoms with van der Waals surface area (Å²) < 4.78 is 12.3. The van der Waals surface area contributed by atoms with Crippen molar-refractivity contribution in [2.45, 2.75) is 33.2 Å². The fourth-order valence-corrected chi connectivity index (χ4v) is 3.97. The first-order valence-corrected chi connectivity index (χ1v) is 10.9. The standard InChI is InChI=1S/C25H24N4O5/c1-16-17(2)29(14-20-5-4-12-33-20)24(21(16)13-26)27-22(30)15-34-25(32)18-7-9-19(10-8-18)28-11-3-6-23(28)31/h4-5,7-10,12H,3,6,11,14-15H2,1-2H3,(H,27,30). The number of esters is 1. The fourth-order valence-electron chi connectivity index (χ4n) is 3.97. The predicted molar refractivity (Wildman–Crippen MR) is 123 cm³/mol. The van der Waals surface area contributed by atoms with Gasteiger partial charge in [-0.2, -0.15) is 5.26 Å². The maximum atomic E-state index is 12.6. The Balaban J connectivity index is 1.41. The van der Waals surface area contributed by atoms with Gasteiger partial charge < -0.3 is 23.9 Å². The summed E-state index contributed by atoms with van der Waals surface area (Å²) in [7, 11) is 0. The molecular weight excluding hydrogens is 436 g/mol. The number of nitriles is 1. The molecule has 0 unspecified atom stereocenters. The summed E-state index contributed by atoms with van der Waals surface area (Å²) in [5.74, 6) is -0.167. The second-order valence-corrected chi connectivity index (χ2v) is 8.03. The molecule has 3 heterocycles. The average Bonchev–Trinajstić information content (AvgIpc) is 3.56. The normalized spacial score (nSPS) is 13.1. The molecule has 0 radical (unpaired) electrons. The van der Waals surface area contributed by atoms with Crippen LogP contribution < -0.4 is 10.2 Å². The molecule has 34 heavy (non-hydrogen) atoms. The van der Waals surface area contributed by atoms with Crippen LogP contribution in [0.5, 0.6) is 0 Å². The van der Waals surface area contributed by atoms with Gasteiger partial charge in [0.05, 0.1) is 23.9 Å². The number of ether oxygens (including phenoxy) is 1. The Morgan fingerprint density at radius 3 is 2.59 bits per heavy atom. The molecule has 0 saturated carbocycles. The van der Waals surface area contributed by atoms with Gasteiger partial charge in [0, 0.05) is 24.3 Å². The summed E-state index contributed by atoms with van der Waals surface area (Å²) in [6.45, 7) is 4.15. The number of hydrogen-bond acceptors (Lipinski definition) is 6. The van der Waals surface area contributed by atoms with Gasteiger partial charge in [-0.05, 0) is 62.2 Å². The van der Waals surface area contributed by atoms with Crippen LogP contribution in [-0.2, 0) is 20.9 Å². The number of nitrogens with zero attached hydrogens (tertiary/aromatic N) is 3. The minimum atomic E-state index is -0.659. The number of carbonyl (C=O) groups is 3. The number of anilines is 2. The minimum Gasteiger partial charge on any atom is -0.467 e. The van der Waals surface area contributed by atoms with Crippen LogP contribution in [0.3, 0.4) is 0 Å². The summed E-state index contributed by atoms with van der Waals surface area (Å²) in [4.78, 5) is 38.5. The molecule has 0 atom stereocenters. The number of furan rings is 1. The number of benzene rings is 1. The lowest BCUT2D eigenvalue weighted by molar-refractivity contribution is -0.119. The lowest BCUT2D eigenvalue weighted by Gasteiger charge is -2.15. The molecule has 9 nitrogen and oxygen atoms in total. The number of nitrogens with one attached hydrogen (secondary N) is 1. The molecule has 0 bridgehead atoms. The smallest absolute Gasteiger partial charge is 0.338 e. The second kappa shape index (κ2) is 9.67. The molecule has 1 saturated heterocycles. The quantitative estimate of drug-likeness (QED) is 0.539. The van der Waals surface area contributed by atoms with E-state index in [1.54, 1.807) is 52.1 Å². The molecule has 1 N–H and O–H groups in total. The highest BCUT2D eigenvalue weighted by atomic mass is 16.5. The van der Waals surface area contributed by atoms with E-state index in [0.29, 0.717) is 36.7 Å². The van der Waals surface area contributed by atoms with Gasteiger partial charge in [-0.25, -0.2) is 4.79 Å². The van der Waals surface area contributed by atoms with Crippen LogP contribution in [0.1, 0.15) is 45.8 Å². The first-order valence-electron chi connectivity index (χ1n) is 10.9. The van der Waals surface area contributed by atoms with Crippen molar-refractivity contribution in [3.05, 3.63) is 70.8 Å². The highest BCUT2D eigenvalue weighted by molar-refractivity contribution is 5.98.